The number of aldehydes is 1. The summed E-state index contributed by atoms with van der Waals surface area (Å²) in [6.07, 6.45) is 1.22. The number of hydrogen-bond donors (Lipinski definition) is 1. The molecule has 0 aliphatic rings. The summed E-state index contributed by atoms with van der Waals surface area (Å²) < 4.78 is 12.1. The highest BCUT2D eigenvalue weighted by atomic mass is 19.1. The van der Waals surface area contributed by atoms with E-state index >= 15 is 0 Å². The van der Waals surface area contributed by atoms with Gasteiger partial charge < -0.3 is 10.5 Å². The Morgan fingerprint density at radius 2 is 1.85 bits per heavy atom. The molecule has 2 N–H and O–H groups in total. The summed E-state index contributed by atoms with van der Waals surface area (Å²) in [7, 11) is 0. The lowest BCUT2D eigenvalue weighted by atomic mass is 10.1. The zero-order valence-corrected chi connectivity index (χ0v) is 7.24. The van der Waals surface area contributed by atoms with Crippen molar-refractivity contribution < 1.29 is 9.18 Å². The van der Waals surface area contributed by atoms with E-state index in [9.17, 15) is 9.18 Å². The molecule has 1 rings (SSSR count). The van der Waals surface area contributed by atoms with E-state index in [-0.39, 0.29) is 0 Å². The van der Waals surface area contributed by atoms with Gasteiger partial charge in [-0.2, -0.15) is 0 Å². The fourth-order valence-corrected chi connectivity index (χ4v) is 1.08. The predicted molar refractivity (Wildman–Crippen MR) is 49.0 cm³/mol. The second-order valence-electron chi connectivity index (χ2n) is 2.95. The smallest absolute Gasteiger partial charge is 0.137 e. The number of carbonyl (C=O) groups excluding carboxylic acids is 1. The largest absolute Gasteiger partial charge is 0.321 e. The minimum atomic E-state index is -0.462. The molecule has 0 aliphatic heterocycles. The standard InChI is InChI=1S/C10H12FNO/c11-6-9-3-1-8(2-4-9)5-10(12)7-13/h1-4,7,10H,5-6,12H2/t10-/m0/s1. The van der Waals surface area contributed by atoms with Crippen molar-refractivity contribution in [3.8, 4) is 0 Å². The number of nitrogens with two attached hydrogens (primary N) is 1. The van der Waals surface area contributed by atoms with Crippen molar-refractivity contribution in [2.75, 3.05) is 0 Å². The Morgan fingerprint density at radius 3 is 2.31 bits per heavy atom. The zero-order chi connectivity index (χ0) is 9.68. The molecule has 0 saturated heterocycles. The summed E-state index contributed by atoms with van der Waals surface area (Å²) in [4.78, 5) is 10.2. The van der Waals surface area contributed by atoms with Crippen LogP contribution in [0.3, 0.4) is 0 Å². The van der Waals surface area contributed by atoms with E-state index in [2.05, 4.69) is 0 Å². The summed E-state index contributed by atoms with van der Waals surface area (Å²) in [5.74, 6) is 0. The normalized spacial score (nSPS) is 12.5. The molecule has 3 heteroatoms. The van der Waals surface area contributed by atoms with Crippen molar-refractivity contribution in [1.29, 1.82) is 0 Å². The fraction of sp³-hybridized carbons (Fsp3) is 0.300. The quantitative estimate of drug-likeness (QED) is 0.710. The van der Waals surface area contributed by atoms with Crippen LogP contribution < -0.4 is 5.73 Å². The molecule has 1 atom stereocenters. The Hall–Kier alpha value is -1.22. The molecule has 1 aromatic carbocycles. The van der Waals surface area contributed by atoms with E-state index in [0.29, 0.717) is 18.3 Å². The van der Waals surface area contributed by atoms with Crippen LogP contribution >= 0.6 is 0 Å². The molecule has 0 saturated carbocycles. The van der Waals surface area contributed by atoms with Crippen LogP contribution in [0.4, 0.5) is 4.39 Å². The molecule has 0 unspecified atom stereocenters. The summed E-state index contributed by atoms with van der Waals surface area (Å²) in [6, 6.07) is 6.52. The molecule has 1 aromatic rings. The van der Waals surface area contributed by atoms with Gasteiger partial charge in [-0.3, -0.25) is 0 Å². The lowest BCUT2D eigenvalue weighted by molar-refractivity contribution is -0.108. The Labute approximate surface area is 76.6 Å². The lowest BCUT2D eigenvalue weighted by Crippen LogP contribution is -2.23. The van der Waals surface area contributed by atoms with Crippen LogP contribution in [0.25, 0.3) is 0 Å². The second-order valence-corrected chi connectivity index (χ2v) is 2.95. The first-order chi connectivity index (χ1) is 6.26. The van der Waals surface area contributed by atoms with Gasteiger partial charge in [0.15, 0.2) is 0 Å². The molecule has 0 radical (unpaired) electrons. The molecule has 0 aliphatic carbocycles. The van der Waals surface area contributed by atoms with E-state index in [1.54, 1.807) is 24.3 Å². The van der Waals surface area contributed by atoms with E-state index < -0.39 is 12.7 Å². The average molecular weight is 181 g/mol. The first-order valence-corrected chi connectivity index (χ1v) is 4.11. The minimum absolute atomic E-state index is 0.458. The van der Waals surface area contributed by atoms with Gasteiger partial charge in [0.25, 0.3) is 0 Å². The van der Waals surface area contributed by atoms with Gasteiger partial charge in [-0.1, -0.05) is 24.3 Å². The topological polar surface area (TPSA) is 43.1 Å². The maximum absolute atomic E-state index is 12.1. The maximum atomic E-state index is 12.1. The highest BCUT2D eigenvalue weighted by Gasteiger charge is 2.01. The molecule has 0 aromatic heterocycles. The molecular weight excluding hydrogens is 169 g/mol. The van der Waals surface area contributed by atoms with Crippen LogP contribution in [0.15, 0.2) is 24.3 Å². The van der Waals surface area contributed by atoms with E-state index in [4.69, 9.17) is 5.73 Å². The van der Waals surface area contributed by atoms with Gasteiger partial charge >= 0.3 is 0 Å². The first kappa shape index (κ1) is 9.86. The molecule has 2 nitrogen and oxygen atoms in total. The Bertz CT molecular complexity index is 271. The third kappa shape index (κ3) is 2.95. The Morgan fingerprint density at radius 1 is 1.31 bits per heavy atom. The highest BCUT2D eigenvalue weighted by Crippen LogP contribution is 2.06. The molecule has 0 bridgehead atoms. The third-order valence-corrected chi connectivity index (χ3v) is 1.82. The molecule has 0 fully saturated rings. The van der Waals surface area contributed by atoms with Crippen LogP contribution in [0.5, 0.6) is 0 Å². The third-order valence-electron chi connectivity index (χ3n) is 1.82. The van der Waals surface area contributed by atoms with Gasteiger partial charge in [-0.25, -0.2) is 4.39 Å². The number of carbonyl (C=O) groups is 1. The second kappa shape index (κ2) is 4.72. The Kier molecular flexibility index (Phi) is 3.58. The van der Waals surface area contributed by atoms with Crippen LogP contribution in [0.2, 0.25) is 0 Å². The number of hydrogen-bond acceptors (Lipinski definition) is 2. The van der Waals surface area contributed by atoms with E-state index in [0.717, 1.165) is 5.56 Å². The predicted octanol–water partition coefficient (Wildman–Crippen LogP) is 1.22. The number of halogens is 1. The minimum Gasteiger partial charge on any atom is -0.321 e. The van der Waals surface area contributed by atoms with Gasteiger partial charge in [0.05, 0.1) is 6.04 Å². The number of alkyl halides is 1. The van der Waals surface area contributed by atoms with Crippen molar-refractivity contribution >= 4 is 6.29 Å². The summed E-state index contributed by atoms with van der Waals surface area (Å²) in [5.41, 5.74) is 7.03. The van der Waals surface area contributed by atoms with Gasteiger partial charge in [0.2, 0.25) is 0 Å². The van der Waals surface area contributed by atoms with Crippen LogP contribution in [-0.2, 0) is 17.9 Å². The monoisotopic (exact) mass is 181 g/mol. The highest BCUT2D eigenvalue weighted by molar-refractivity contribution is 5.57. The van der Waals surface area contributed by atoms with Gasteiger partial charge in [-0.15, -0.1) is 0 Å². The van der Waals surface area contributed by atoms with Crippen molar-refractivity contribution in [2.24, 2.45) is 5.73 Å². The average Bonchev–Trinajstić information content (AvgIpc) is 2.19. The van der Waals surface area contributed by atoms with E-state index in [1.165, 1.54) is 0 Å². The van der Waals surface area contributed by atoms with Gasteiger partial charge in [0, 0.05) is 0 Å². The van der Waals surface area contributed by atoms with Crippen molar-refractivity contribution in [3.63, 3.8) is 0 Å². The summed E-state index contributed by atoms with van der Waals surface area (Å²) in [5, 5.41) is 0. The molecule has 13 heavy (non-hydrogen) atoms. The molecular formula is C10H12FNO. The van der Waals surface area contributed by atoms with Crippen LogP contribution in [-0.4, -0.2) is 12.3 Å². The summed E-state index contributed by atoms with van der Waals surface area (Å²) in [6.45, 7) is -0.458. The van der Waals surface area contributed by atoms with Crippen molar-refractivity contribution in [2.45, 2.75) is 19.1 Å². The van der Waals surface area contributed by atoms with Gasteiger partial charge in [-0.05, 0) is 17.5 Å². The molecule has 0 amide bonds. The summed E-state index contributed by atoms with van der Waals surface area (Å²) >= 11 is 0. The maximum Gasteiger partial charge on any atom is 0.137 e. The molecule has 70 valence electrons. The fourth-order valence-electron chi connectivity index (χ4n) is 1.08. The van der Waals surface area contributed by atoms with Crippen LogP contribution in [0, 0.1) is 0 Å². The van der Waals surface area contributed by atoms with Crippen molar-refractivity contribution in [3.05, 3.63) is 35.4 Å². The number of benzene rings is 1. The zero-order valence-electron chi connectivity index (χ0n) is 7.24. The Balaban J connectivity index is 2.63. The van der Waals surface area contributed by atoms with Gasteiger partial charge in [0.1, 0.15) is 13.0 Å². The van der Waals surface area contributed by atoms with Crippen molar-refractivity contribution in [1.82, 2.24) is 0 Å². The SMILES string of the molecule is N[C@H](C=O)Cc1ccc(CF)cc1. The molecule has 0 spiro atoms. The van der Waals surface area contributed by atoms with Crippen LogP contribution in [0.1, 0.15) is 11.1 Å². The molecule has 0 heterocycles. The first-order valence-electron chi connectivity index (χ1n) is 4.11. The number of rotatable bonds is 4. The lowest BCUT2D eigenvalue weighted by Gasteiger charge is -2.03. The van der Waals surface area contributed by atoms with E-state index in [1.807, 2.05) is 0 Å².